The van der Waals surface area contributed by atoms with E-state index in [-0.39, 0.29) is 11.7 Å². The van der Waals surface area contributed by atoms with Gasteiger partial charge >= 0.3 is 0 Å². The molecular weight excluding hydrogens is 438 g/mol. The van der Waals surface area contributed by atoms with Crippen LogP contribution in [-0.4, -0.2) is 80.6 Å². The zero-order valence-corrected chi connectivity index (χ0v) is 19.8. The predicted octanol–water partition coefficient (Wildman–Crippen LogP) is 0.800. The number of fused-ring (bicyclic) bond motifs is 2. The molecule has 34 heavy (non-hydrogen) atoms. The van der Waals surface area contributed by atoms with Crippen molar-refractivity contribution < 1.29 is 19.0 Å². The first kappa shape index (κ1) is 23.0. The van der Waals surface area contributed by atoms with E-state index >= 15 is 0 Å². The van der Waals surface area contributed by atoms with Gasteiger partial charge in [-0.05, 0) is 52.6 Å². The number of carbonyl (C=O) groups is 1. The van der Waals surface area contributed by atoms with Crippen molar-refractivity contribution in [3.8, 4) is 11.8 Å². The Balaban J connectivity index is 1.44. The molecular formula is C23H31N7O4. The molecule has 182 valence electrons. The van der Waals surface area contributed by atoms with Crippen molar-refractivity contribution in [2.24, 2.45) is 0 Å². The third-order valence-corrected chi connectivity index (χ3v) is 6.31. The van der Waals surface area contributed by atoms with Gasteiger partial charge < -0.3 is 25.3 Å². The highest BCUT2D eigenvalue weighted by atomic mass is 16.8. The Hall–Kier alpha value is -2.78. The molecule has 0 spiro atoms. The Kier molecular flexibility index (Phi) is 6.16. The first-order valence-electron chi connectivity index (χ1n) is 11.9. The van der Waals surface area contributed by atoms with E-state index in [1.807, 2.05) is 20.8 Å². The fourth-order valence-corrected chi connectivity index (χ4v) is 4.82. The Labute approximate surface area is 198 Å². The van der Waals surface area contributed by atoms with Crippen LogP contribution in [-0.2, 0) is 19.0 Å². The fraction of sp³-hybridized carbons (Fsp3) is 0.652. The summed E-state index contributed by atoms with van der Waals surface area (Å²) in [5.74, 6) is 5.67. The molecule has 0 aromatic carbocycles. The highest BCUT2D eigenvalue weighted by Crippen LogP contribution is 2.43. The number of piperidine rings is 1. The Morgan fingerprint density at radius 3 is 2.76 bits per heavy atom. The van der Waals surface area contributed by atoms with Crippen LogP contribution in [0.5, 0.6) is 0 Å². The smallest absolute Gasteiger partial charge is 0.252 e. The minimum atomic E-state index is -0.850. The Morgan fingerprint density at radius 1 is 1.24 bits per heavy atom. The maximum absolute atomic E-state index is 12.7. The van der Waals surface area contributed by atoms with Gasteiger partial charge in [-0.1, -0.05) is 12.3 Å². The SMILES string of the molecule is CCNC(=O)[C@H]1O[C@@H](n2cnc3c(N)nc(C#CCN4CCCCC4)nc32)[C@@H]2OC(C)(C)O[C@@H]21. The van der Waals surface area contributed by atoms with Gasteiger partial charge in [-0.15, -0.1) is 0 Å². The molecule has 3 aliphatic rings. The summed E-state index contributed by atoms with van der Waals surface area (Å²) >= 11 is 0. The van der Waals surface area contributed by atoms with Crippen molar-refractivity contribution in [2.75, 3.05) is 31.9 Å². The number of imidazole rings is 1. The van der Waals surface area contributed by atoms with E-state index < -0.39 is 30.3 Å². The maximum Gasteiger partial charge on any atom is 0.252 e. The second-order valence-electron chi connectivity index (χ2n) is 9.30. The minimum absolute atomic E-state index is 0.241. The van der Waals surface area contributed by atoms with Gasteiger partial charge in [0.05, 0.1) is 12.9 Å². The van der Waals surface area contributed by atoms with Crippen molar-refractivity contribution in [1.82, 2.24) is 29.7 Å². The molecule has 11 nitrogen and oxygen atoms in total. The lowest BCUT2D eigenvalue weighted by molar-refractivity contribution is -0.197. The average molecular weight is 470 g/mol. The number of nitrogens with two attached hydrogens (primary N) is 1. The molecule has 11 heteroatoms. The summed E-state index contributed by atoms with van der Waals surface area (Å²) in [6, 6.07) is 0. The van der Waals surface area contributed by atoms with Crippen LogP contribution < -0.4 is 11.1 Å². The number of rotatable bonds is 4. The van der Waals surface area contributed by atoms with E-state index in [4.69, 9.17) is 19.9 Å². The molecule has 0 aliphatic carbocycles. The molecule has 3 fully saturated rings. The van der Waals surface area contributed by atoms with Crippen LogP contribution in [0.15, 0.2) is 6.33 Å². The molecule has 4 atom stereocenters. The minimum Gasteiger partial charge on any atom is -0.382 e. The zero-order valence-electron chi connectivity index (χ0n) is 19.8. The molecule has 0 saturated carbocycles. The van der Waals surface area contributed by atoms with Crippen molar-refractivity contribution in [2.45, 2.75) is 70.4 Å². The van der Waals surface area contributed by atoms with Gasteiger partial charge in [0.2, 0.25) is 5.82 Å². The third kappa shape index (κ3) is 4.34. The number of hydrogen-bond acceptors (Lipinski definition) is 9. The second kappa shape index (κ2) is 9.11. The van der Waals surface area contributed by atoms with Crippen LogP contribution in [0.2, 0.25) is 0 Å². The molecule has 3 N–H and O–H groups in total. The molecule has 0 bridgehead atoms. The molecule has 3 saturated heterocycles. The number of nitrogens with zero attached hydrogens (tertiary/aromatic N) is 5. The van der Waals surface area contributed by atoms with Gasteiger partial charge in [-0.2, -0.15) is 0 Å². The van der Waals surface area contributed by atoms with Crippen LogP contribution in [0.1, 0.15) is 52.1 Å². The number of nitrogen functional groups attached to an aromatic ring is 1. The van der Waals surface area contributed by atoms with Gasteiger partial charge in [0.25, 0.3) is 5.91 Å². The average Bonchev–Trinajstić information content (AvgIpc) is 3.45. The van der Waals surface area contributed by atoms with E-state index in [1.165, 1.54) is 19.3 Å². The highest BCUT2D eigenvalue weighted by molar-refractivity contribution is 5.83. The van der Waals surface area contributed by atoms with Crippen LogP contribution in [0.25, 0.3) is 11.2 Å². The molecule has 3 aliphatic heterocycles. The molecule has 0 radical (unpaired) electrons. The van der Waals surface area contributed by atoms with Gasteiger partial charge in [-0.25, -0.2) is 15.0 Å². The van der Waals surface area contributed by atoms with Crippen molar-refractivity contribution in [3.05, 3.63) is 12.2 Å². The van der Waals surface area contributed by atoms with Crippen LogP contribution in [0, 0.1) is 11.8 Å². The number of hydrogen-bond donors (Lipinski definition) is 2. The molecule has 2 aromatic heterocycles. The number of likely N-dealkylation sites (N-methyl/N-ethyl adjacent to an activating group) is 1. The van der Waals surface area contributed by atoms with Crippen LogP contribution in [0.3, 0.4) is 0 Å². The predicted molar refractivity (Wildman–Crippen MR) is 123 cm³/mol. The maximum atomic E-state index is 12.7. The summed E-state index contributed by atoms with van der Waals surface area (Å²) in [4.78, 5) is 28.3. The topological polar surface area (TPSA) is 130 Å². The number of anilines is 1. The van der Waals surface area contributed by atoms with E-state index in [9.17, 15) is 4.79 Å². The number of ether oxygens (including phenoxy) is 3. The normalized spacial score (nSPS) is 28.4. The fourth-order valence-electron chi connectivity index (χ4n) is 4.82. The molecule has 5 rings (SSSR count). The number of carbonyl (C=O) groups excluding carboxylic acids is 1. The lowest BCUT2D eigenvalue weighted by Crippen LogP contribution is -2.42. The van der Waals surface area contributed by atoms with Gasteiger partial charge in [0.15, 0.2) is 29.6 Å². The van der Waals surface area contributed by atoms with Gasteiger partial charge in [0, 0.05) is 6.54 Å². The second-order valence-corrected chi connectivity index (χ2v) is 9.30. The lowest BCUT2D eigenvalue weighted by Gasteiger charge is -2.24. The van der Waals surface area contributed by atoms with Crippen molar-refractivity contribution in [1.29, 1.82) is 0 Å². The molecule has 1 amide bonds. The van der Waals surface area contributed by atoms with Gasteiger partial charge in [0.1, 0.15) is 17.7 Å². The molecule has 2 aromatic rings. The quantitative estimate of drug-likeness (QED) is 0.625. The van der Waals surface area contributed by atoms with E-state index in [0.717, 1.165) is 13.1 Å². The summed E-state index contributed by atoms with van der Waals surface area (Å²) in [6.45, 7) is 8.78. The zero-order chi connectivity index (χ0) is 23.9. The van der Waals surface area contributed by atoms with Crippen molar-refractivity contribution >= 4 is 22.9 Å². The number of likely N-dealkylation sites (tertiary alicyclic amines) is 1. The summed E-state index contributed by atoms with van der Waals surface area (Å²) in [6.07, 6.45) is 2.69. The summed E-state index contributed by atoms with van der Waals surface area (Å²) in [5.41, 5.74) is 7.10. The van der Waals surface area contributed by atoms with Crippen LogP contribution >= 0.6 is 0 Å². The summed E-state index contributed by atoms with van der Waals surface area (Å²) in [7, 11) is 0. The van der Waals surface area contributed by atoms with Gasteiger partial charge in [-0.3, -0.25) is 14.3 Å². The lowest BCUT2D eigenvalue weighted by atomic mass is 10.1. The summed E-state index contributed by atoms with van der Waals surface area (Å²) < 4.78 is 20.0. The monoisotopic (exact) mass is 469 g/mol. The third-order valence-electron chi connectivity index (χ3n) is 6.31. The highest BCUT2D eigenvalue weighted by Gasteiger charge is 2.58. The Bertz CT molecular complexity index is 1130. The summed E-state index contributed by atoms with van der Waals surface area (Å²) in [5, 5.41) is 2.81. The number of amides is 1. The molecule has 5 heterocycles. The number of aromatic nitrogens is 4. The number of nitrogens with one attached hydrogen (secondary N) is 1. The van der Waals surface area contributed by atoms with E-state index in [2.05, 4.69) is 37.0 Å². The van der Waals surface area contributed by atoms with E-state index in [0.29, 0.717) is 30.1 Å². The molecule has 0 unspecified atom stereocenters. The first-order valence-corrected chi connectivity index (χ1v) is 11.9. The standard InChI is InChI=1S/C23H31N7O4/c1-4-25-21(31)17-16-18(34-23(2,3)33-16)22(32-17)30-13-26-15-19(24)27-14(28-20(15)30)9-8-12-29-10-6-5-7-11-29/h13,16-18,22H,4-7,10-12H2,1-3H3,(H,25,31)(H2,24,27,28)/t16-,17+,18-,22-/m1/s1. The van der Waals surface area contributed by atoms with Crippen LogP contribution in [0.4, 0.5) is 5.82 Å². The van der Waals surface area contributed by atoms with E-state index in [1.54, 1.807) is 10.9 Å². The Morgan fingerprint density at radius 2 is 2.00 bits per heavy atom. The first-order chi connectivity index (χ1) is 16.4. The van der Waals surface area contributed by atoms with Crippen molar-refractivity contribution in [3.63, 3.8) is 0 Å². The largest absolute Gasteiger partial charge is 0.382 e.